The fourth-order valence-electron chi connectivity index (χ4n) is 1.04. The Kier molecular flexibility index (Phi) is 3.52. The van der Waals surface area contributed by atoms with Crippen molar-refractivity contribution in [3.63, 3.8) is 0 Å². The van der Waals surface area contributed by atoms with Crippen molar-refractivity contribution in [3.8, 4) is 0 Å². The first-order chi connectivity index (χ1) is 4.79. The van der Waals surface area contributed by atoms with E-state index in [-0.39, 0.29) is 0 Å². The van der Waals surface area contributed by atoms with Gasteiger partial charge in [0.25, 0.3) is 0 Å². The number of thioether (sulfide) groups is 1. The first-order valence-electron chi connectivity index (χ1n) is 3.87. The summed E-state index contributed by atoms with van der Waals surface area (Å²) in [6.45, 7) is 6.66. The molecular weight excluding hydrogens is 144 g/mol. The second kappa shape index (κ2) is 4.21. The van der Waals surface area contributed by atoms with Crippen LogP contribution in [0.25, 0.3) is 0 Å². The molecule has 1 atom stereocenters. The Morgan fingerprint density at radius 3 is 2.90 bits per heavy atom. The monoisotopic (exact) mass is 160 g/mol. The van der Waals surface area contributed by atoms with E-state index in [9.17, 15) is 0 Å². The summed E-state index contributed by atoms with van der Waals surface area (Å²) in [5, 5.41) is 7.47. The van der Waals surface area contributed by atoms with E-state index in [0.717, 1.165) is 6.54 Å². The molecule has 0 amide bonds. The summed E-state index contributed by atoms with van der Waals surface area (Å²) in [6, 6.07) is 0.609. The smallest absolute Gasteiger partial charge is 0.0661 e. The van der Waals surface area contributed by atoms with E-state index in [2.05, 4.69) is 24.5 Å². The van der Waals surface area contributed by atoms with Gasteiger partial charge >= 0.3 is 0 Å². The van der Waals surface area contributed by atoms with Crippen LogP contribution >= 0.6 is 11.8 Å². The van der Waals surface area contributed by atoms with Crippen LogP contribution in [0.3, 0.4) is 0 Å². The van der Waals surface area contributed by atoms with Gasteiger partial charge in [-0.1, -0.05) is 0 Å². The van der Waals surface area contributed by atoms with Gasteiger partial charge in [0.1, 0.15) is 0 Å². The Hall–Kier alpha value is 0.270. The minimum absolute atomic E-state index is 0.609. The van der Waals surface area contributed by atoms with E-state index >= 15 is 0 Å². The number of hydrogen-bond acceptors (Lipinski definition) is 3. The molecule has 10 heavy (non-hydrogen) atoms. The standard InChI is InChI=1S/C7H16N2S/c1-6(2)9-7-5-8-3-4-10-7/h6-9H,3-5H2,1-2H3. The lowest BCUT2D eigenvalue weighted by molar-refractivity contribution is 0.525. The highest BCUT2D eigenvalue weighted by molar-refractivity contribution is 7.99. The molecule has 60 valence electrons. The summed E-state index contributed by atoms with van der Waals surface area (Å²) in [7, 11) is 0. The van der Waals surface area contributed by atoms with Crippen molar-refractivity contribution in [2.45, 2.75) is 25.3 Å². The molecule has 2 N–H and O–H groups in total. The third-order valence-electron chi connectivity index (χ3n) is 1.45. The van der Waals surface area contributed by atoms with Crippen LogP contribution in [-0.2, 0) is 0 Å². The Bertz CT molecular complexity index is 89.6. The molecule has 0 aliphatic carbocycles. The molecule has 3 heteroatoms. The molecule has 1 unspecified atom stereocenters. The summed E-state index contributed by atoms with van der Waals surface area (Å²) in [5.41, 5.74) is 0. The van der Waals surface area contributed by atoms with Crippen LogP contribution in [0.2, 0.25) is 0 Å². The lowest BCUT2D eigenvalue weighted by Crippen LogP contribution is -2.44. The molecule has 0 aromatic carbocycles. The lowest BCUT2D eigenvalue weighted by atomic mass is 10.4. The number of nitrogens with one attached hydrogen (secondary N) is 2. The lowest BCUT2D eigenvalue weighted by Gasteiger charge is -2.25. The van der Waals surface area contributed by atoms with E-state index in [1.54, 1.807) is 0 Å². The maximum Gasteiger partial charge on any atom is 0.0661 e. The van der Waals surface area contributed by atoms with Crippen molar-refractivity contribution in [3.05, 3.63) is 0 Å². The Morgan fingerprint density at radius 1 is 1.60 bits per heavy atom. The molecule has 0 aromatic heterocycles. The Labute approximate surface area is 67.1 Å². The van der Waals surface area contributed by atoms with Crippen LogP contribution < -0.4 is 10.6 Å². The summed E-state index contributed by atoms with van der Waals surface area (Å²) >= 11 is 2.02. The summed E-state index contributed by atoms with van der Waals surface area (Å²) in [6.07, 6.45) is 0. The van der Waals surface area contributed by atoms with Gasteiger partial charge in [0.15, 0.2) is 0 Å². The van der Waals surface area contributed by atoms with Crippen molar-refractivity contribution >= 4 is 11.8 Å². The summed E-state index contributed by atoms with van der Waals surface area (Å²) in [4.78, 5) is 0. The van der Waals surface area contributed by atoms with Gasteiger partial charge in [0, 0.05) is 24.9 Å². The normalized spacial score (nSPS) is 27.3. The molecule has 1 aliphatic heterocycles. The molecule has 0 aromatic rings. The maximum atomic E-state index is 3.48. The zero-order chi connectivity index (χ0) is 7.40. The molecule has 1 fully saturated rings. The van der Waals surface area contributed by atoms with Crippen LogP contribution in [0.15, 0.2) is 0 Å². The van der Waals surface area contributed by atoms with E-state index in [1.165, 1.54) is 12.3 Å². The molecule has 0 saturated carbocycles. The highest BCUT2D eigenvalue weighted by Gasteiger charge is 2.12. The first-order valence-corrected chi connectivity index (χ1v) is 4.92. The van der Waals surface area contributed by atoms with Crippen LogP contribution in [0.5, 0.6) is 0 Å². The second-order valence-corrected chi connectivity index (χ2v) is 4.20. The first kappa shape index (κ1) is 8.37. The van der Waals surface area contributed by atoms with Gasteiger partial charge in [0.05, 0.1) is 5.37 Å². The van der Waals surface area contributed by atoms with Crippen LogP contribution in [0.4, 0.5) is 0 Å². The van der Waals surface area contributed by atoms with Gasteiger partial charge in [0.2, 0.25) is 0 Å². The maximum absolute atomic E-state index is 3.48. The predicted octanol–water partition coefficient (Wildman–Crippen LogP) is 0.647. The fourth-order valence-corrected chi connectivity index (χ4v) is 2.20. The van der Waals surface area contributed by atoms with Crippen molar-refractivity contribution in [2.24, 2.45) is 0 Å². The molecule has 1 rings (SSSR count). The van der Waals surface area contributed by atoms with E-state index < -0.39 is 0 Å². The highest BCUT2D eigenvalue weighted by Crippen LogP contribution is 2.10. The third kappa shape index (κ3) is 2.90. The van der Waals surface area contributed by atoms with E-state index in [4.69, 9.17) is 0 Å². The van der Waals surface area contributed by atoms with Crippen molar-refractivity contribution in [2.75, 3.05) is 18.8 Å². The Balaban J connectivity index is 2.13. The minimum Gasteiger partial charge on any atom is -0.314 e. The molecule has 0 bridgehead atoms. The highest BCUT2D eigenvalue weighted by atomic mass is 32.2. The zero-order valence-electron chi connectivity index (χ0n) is 6.68. The van der Waals surface area contributed by atoms with Gasteiger partial charge in [-0.15, -0.1) is 11.8 Å². The predicted molar refractivity (Wildman–Crippen MR) is 47.4 cm³/mol. The quantitative estimate of drug-likeness (QED) is 0.620. The number of rotatable bonds is 2. The molecular formula is C7H16N2S. The SMILES string of the molecule is CC(C)NC1CNCCS1. The number of hydrogen-bond donors (Lipinski definition) is 2. The topological polar surface area (TPSA) is 24.1 Å². The van der Waals surface area contributed by atoms with Gasteiger partial charge in [-0.2, -0.15) is 0 Å². The molecule has 0 radical (unpaired) electrons. The Morgan fingerprint density at radius 2 is 2.40 bits per heavy atom. The zero-order valence-corrected chi connectivity index (χ0v) is 7.50. The molecule has 0 spiro atoms. The van der Waals surface area contributed by atoms with Gasteiger partial charge in [-0.25, -0.2) is 0 Å². The van der Waals surface area contributed by atoms with Crippen molar-refractivity contribution in [1.82, 2.24) is 10.6 Å². The van der Waals surface area contributed by atoms with Crippen LogP contribution in [0, 0.1) is 0 Å². The van der Waals surface area contributed by atoms with Gasteiger partial charge in [-0.05, 0) is 13.8 Å². The average Bonchev–Trinajstić information content (AvgIpc) is 1.88. The van der Waals surface area contributed by atoms with Crippen molar-refractivity contribution < 1.29 is 0 Å². The van der Waals surface area contributed by atoms with Gasteiger partial charge in [-0.3, -0.25) is 0 Å². The summed E-state index contributed by atoms with van der Waals surface area (Å²) in [5.74, 6) is 1.24. The molecule has 1 aliphatic rings. The molecule has 1 heterocycles. The van der Waals surface area contributed by atoms with E-state index in [1.807, 2.05) is 11.8 Å². The fraction of sp³-hybridized carbons (Fsp3) is 1.00. The van der Waals surface area contributed by atoms with Crippen molar-refractivity contribution in [1.29, 1.82) is 0 Å². The van der Waals surface area contributed by atoms with E-state index in [0.29, 0.717) is 11.4 Å². The largest absolute Gasteiger partial charge is 0.314 e. The average molecular weight is 160 g/mol. The third-order valence-corrected chi connectivity index (χ3v) is 2.59. The second-order valence-electron chi connectivity index (χ2n) is 2.88. The van der Waals surface area contributed by atoms with Crippen LogP contribution in [-0.4, -0.2) is 30.3 Å². The van der Waals surface area contributed by atoms with Gasteiger partial charge < -0.3 is 10.6 Å². The summed E-state index contributed by atoms with van der Waals surface area (Å²) < 4.78 is 0. The molecule has 1 saturated heterocycles. The molecule has 2 nitrogen and oxygen atoms in total. The minimum atomic E-state index is 0.609. The van der Waals surface area contributed by atoms with Crippen LogP contribution in [0.1, 0.15) is 13.8 Å².